The quantitative estimate of drug-likeness (QED) is 0.733. The number of hydrogen-bond donors (Lipinski definition) is 1. The largest absolute Gasteiger partial charge is 0.481 e. The second kappa shape index (κ2) is 7.61. The summed E-state index contributed by atoms with van der Waals surface area (Å²) < 4.78 is 33.7. The van der Waals surface area contributed by atoms with Crippen LogP contribution in [-0.4, -0.2) is 21.9 Å². The molecule has 5 nitrogen and oxygen atoms in total. The van der Waals surface area contributed by atoms with Crippen molar-refractivity contribution < 1.29 is 13.5 Å². The van der Waals surface area contributed by atoms with Gasteiger partial charge in [-0.2, -0.15) is 5.10 Å². The summed E-state index contributed by atoms with van der Waals surface area (Å²) in [5, 5.41) is 7.74. The van der Waals surface area contributed by atoms with Crippen LogP contribution in [0, 0.1) is 25.5 Å². The minimum absolute atomic E-state index is 0.234. The van der Waals surface area contributed by atoms with Crippen molar-refractivity contribution in [1.82, 2.24) is 20.1 Å². The first-order valence-corrected chi connectivity index (χ1v) is 8.19. The van der Waals surface area contributed by atoms with Gasteiger partial charge in [0.05, 0.1) is 12.8 Å². The zero-order chi connectivity index (χ0) is 18.7. The summed E-state index contributed by atoms with van der Waals surface area (Å²) in [7, 11) is 1.58. The topological polar surface area (TPSA) is 52.0 Å². The summed E-state index contributed by atoms with van der Waals surface area (Å²) >= 11 is 0. The Balaban J connectivity index is 1.73. The maximum Gasteiger partial charge on any atom is 0.212 e. The van der Waals surface area contributed by atoms with Crippen LogP contribution in [0.3, 0.4) is 0 Å². The highest BCUT2D eigenvalue weighted by Gasteiger charge is 2.15. The maximum atomic E-state index is 14.1. The minimum Gasteiger partial charge on any atom is -0.481 e. The zero-order valence-corrected chi connectivity index (χ0v) is 14.9. The summed E-state index contributed by atoms with van der Waals surface area (Å²) in [5.74, 6) is -0.676. The van der Waals surface area contributed by atoms with Gasteiger partial charge in [-0.15, -0.1) is 0 Å². The fourth-order valence-electron chi connectivity index (χ4n) is 2.79. The number of nitrogens with one attached hydrogen (secondary N) is 1. The molecule has 2 aromatic heterocycles. The maximum absolute atomic E-state index is 14.1. The van der Waals surface area contributed by atoms with Gasteiger partial charge in [0, 0.05) is 42.7 Å². The molecule has 0 aliphatic rings. The Morgan fingerprint density at radius 1 is 1.12 bits per heavy atom. The molecule has 0 radical (unpaired) electrons. The van der Waals surface area contributed by atoms with Gasteiger partial charge in [0.15, 0.2) is 5.82 Å². The molecule has 0 aliphatic carbocycles. The van der Waals surface area contributed by atoms with Crippen molar-refractivity contribution in [2.75, 3.05) is 7.11 Å². The predicted octanol–water partition coefficient (Wildman–Crippen LogP) is 3.46. The number of pyridine rings is 1. The smallest absolute Gasteiger partial charge is 0.212 e. The van der Waals surface area contributed by atoms with E-state index < -0.39 is 11.6 Å². The van der Waals surface area contributed by atoms with Crippen molar-refractivity contribution >= 4 is 0 Å². The monoisotopic (exact) mass is 358 g/mol. The lowest BCUT2D eigenvalue weighted by molar-refractivity contribution is 0.397. The van der Waals surface area contributed by atoms with Gasteiger partial charge in [-0.05, 0) is 31.5 Å². The van der Waals surface area contributed by atoms with E-state index in [-0.39, 0.29) is 5.69 Å². The first-order chi connectivity index (χ1) is 12.5. The molecule has 0 spiro atoms. The average Bonchev–Trinajstić information content (AvgIpc) is 2.90. The van der Waals surface area contributed by atoms with Gasteiger partial charge in [-0.1, -0.05) is 6.07 Å². The van der Waals surface area contributed by atoms with Gasteiger partial charge in [0.2, 0.25) is 5.88 Å². The molecule has 0 bridgehead atoms. The molecule has 0 saturated heterocycles. The van der Waals surface area contributed by atoms with Crippen LogP contribution in [0.5, 0.6) is 5.88 Å². The van der Waals surface area contributed by atoms with Crippen molar-refractivity contribution in [3.05, 3.63) is 70.7 Å². The van der Waals surface area contributed by atoms with E-state index in [4.69, 9.17) is 4.74 Å². The van der Waals surface area contributed by atoms with Crippen molar-refractivity contribution in [3.63, 3.8) is 0 Å². The van der Waals surface area contributed by atoms with E-state index in [1.54, 1.807) is 13.3 Å². The number of rotatable bonds is 6. The van der Waals surface area contributed by atoms with Crippen molar-refractivity contribution in [1.29, 1.82) is 0 Å². The molecular weight excluding hydrogens is 338 g/mol. The van der Waals surface area contributed by atoms with Gasteiger partial charge in [0.1, 0.15) is 11.5 Å². The summed E-state index contributed by atoms with van der Waals surface area (Å²) in [6.07, 6.45) is 1.75. The highest BCUT2D eigenvalue weighted by molar-refractivity contribution is 5.38. The lowest BCUT2D eigenvalue weighted by atomic mass is 10.2. The number of halogens is 2. The molecule has 3 rings (SSSR count). The normalized spacial score (nSPS) is 11.0. The summed E-state index contributed by atoms with van der Waals surface area (Å²) in [6, 6.07) is 7.23. The lowest BCUT2D eigenvalue weighted by Crippen LogP contribution is -2.14. The van der Waals surface area contributed by atoms with Gasteiger partial charge < -0.3 is 10.1 Å². The van der Waals surface area contributed by atoms with Crippen molar-refractivity contribution in [2.24, 2.45) is 0 Å². The number of hydrogen-bond acceptors (Lipinski definition) is 4. The second-order valence-corrected chi connectivity index (χ2v) is 5.97. The number of methoxy groups -OCH3 is 1. The van der Waals surface area contributed by atoms with Crippen LogP contribution in [0.1, 0.15) is 22.5 Å². The molecule has 0 fully saturated rings. The Morgan fingerprint density at radius 2 is 1.92 bits per heavy atom. The van der Waals surface area contributed by atoms with Crippen LogP contribution in [0.2, 0.25) is 0 Å². The van der Waals surface area contributed by atoms with Gasteiger partial charge in [0.25, 0.3) is 0 Å². The van der Waals surface area contributed by atoms with Gasteiger partial charge in [-0.3, -0.25) is 0 Å². The average molecular weight is 358 g/mol. The third-order valence-electron chi connectivity index (χ3n) is 4.22. The highest BCUT2D eigenvalue weighted by Crippen LogP contribution is 2.21. The molecule has 26 heavy (non-hydrogen) atoms. The van der Waals surface area contributed by atoms with E-state index in [1.165, 1.54) is 16.8 Å². The summed E-state index contributed by atoms with van der Waals surface area (Å²) in [6.45, 7) is 4.95. The van der Waals surface area contributed by atoms with Crippen molar-refractivity contribution in [2.45, 2.75) is 26.9 Å². The van der Waals surface area contributed by atoms with Crippen LogP contribution < -0.4 is 10.1 Å². The fourth-order valence-corrected chi connectivity index (χ4v) is 2.79. The highest BCUT2D eigenvalue weighted by atomic mass is 19.1. The number of aryl methyl sites for hydroxylation is 1. The van der Waals surface area contributed by atoms with E-state index in [9.17, 15) is 8.78 Å². The van der Waals surface area contributed by atoms with Crippen LogP contribution in [0.15, 0.2) is 36.5 Å². The summed E-state index contributed by atoms with van der Waals surface area (Å²) in [5.41, 5.74) is 3.85. The lowest BCUT2D eigenvalue weighted by Gasteiger charge is -2.08. The number of aromatic nitrogens is 3. The molecule has 0 saturated carbocycles. The predicted molar refractivity (Wildman–Crippen MR) is 94.3 cm³/mol. The third kappa shape index (κ3) is 3.72. The summed E-state index contributed by atoms with van der Waals surface area (Å²) in [4.78, 5) is 4.17. The molecule has 0 atom stereocenters. The van der Waals surface area contributed by atoms with Crippen LogP contribution in [-0.2, 0) is 13.1 Å². The van der Waals surface area contributed by atoms with Gasteiger partial charge >= 0.3 is 0 Å². The third-order valence-corrected chi connectivity index (χ3v) is 4.22. The molecule has 0 aliphatic heterocycles. The number of ether oxygens (including phenoxy) is 1. The molecule has 2 heterocycles. The van der Waals surface area contributed by atoms with E-state index in [0.717, 1.165) is 28.6 Å². The molecule has 0 amide bonds. The second-order valence-electron chi connectivity index (χ2n) is 5.97. The van der Waals surface area contributed by atoms with E-state index >= 15 is 0 Å². The SMILES string of the molecule is COc1ccc(CNCc2c(C)nn(-c3ccc(F)cc3F)c2C)cn1. The molecular formula is C19H20F2N4O. The molecule has 1 N–H and O–H groups in total. The Kier molecular flexibility index (Phi) is 5.27. The van der Waals surface area contributed by atoms with Crippen LogP contribution in [0.4, 0.5) is 8.78 Å². The van der Waals surface area contributed by atoms with Crippen LogP contribution >= 0.6 is 0 Å². The molecule has 1 aromatic carbocycles. The standard InChI is InChI=1S/C19H20F2N4O/c1-12-16(11-22-9-14-4-7-19(26-3)23-10-14)13(2)25(24-12)18-6-5-15(20)8-17(18)21/h4-8,10,22H,9,11H2,1-3H3. The van der Waals surface area contributed by atoms with E-state index in [1.807, 2.05) is 26.0 Å². The minimum atomic E-state index is -0.639. The van der Waals surface area contributed by atoms with E-state index in [0.29, 0.717) is 19.0 Å². The van der Waals surface area contributed by atoms with Crippen molar-refractivity contribution in [3.8, 4) is 11.6 Å². The first-order valence-electron chi connectivity index (χ1n) is 8.19. The molecule has 3 aromatic rings. The fraction of sp³-hybridized carbons (Fsp3) is 0.263. The Labute approximate surface area is 150 Å². The van der Waals surface area contributed by atoms with Crippen LogP contribution in [0.25, 0.3) is 5.69 Å². The molecule has 0 unspecified atom stereocenters. The Morgan fingerprint density at radius 3 is 2.58 bits per heavy atom. The Bertz CT molecular complexity index is 907. The van der Waals surface area contributed by atoms with Gasteiger partial charge in [-0.25, -0.2) is 18.4 Å². The number of benzene rings is 1. The molecule has 7 heteroatoms. The molecule has 136 valence electrons. The first kappa shape index (κ1) is 18.0. The van der Waals surface area contributed by atoms with E-state index in [2.05, 4.69) is 15.4 Å². The number of nitrogens with zero attached hydrogens (tertiary/aromatic N) is 3. The Hall–Kier alpha value is -2.80. The zero-order valence-electron chi connectivity index (χ0n) is 14.9.